The number of hydrogen-bond donors (Lipinski definition) is 5. The van der Waals surface area contributed by atoms with Crippen LogP contribution in [0.4, 0.5) is 0 Å². The lowest BCUT2D eigenvalue weighted by molar-refractivity contribution is -0.923. The third kappa shape index (κ3) is 34.5. The Morgan fingerprint density at radius 3 is 0.696 bits per heavy atom. The van der Waals surface area contributed by atoms with Gasteiger partial charge in [-0.3, -0.25) is 0 Å². The lowest BCUT2D eigenvalue weighted by atomic mass is 9.80. The molecule has 5 aliphatic rings. The quantitative estimate of drug-likeness (QED) is 0.0137. The van der Waals surface area contributed by atoms with Crippen LogP contribution < -0.4 is 0 Å². The minimum absolute atomic E-state index is 0.202. The number of benzene rings is 5. The van der Waals surface area contributed by atoms with Crippen LogP contribution in [0.25, 0.3) is 0 Å². The number of likely N-dealkylation sites (N-methyl/N-ethyl adjacent to an activating group) is 5. The van der Waals surface area contributed by atoms with Gasteiger partial charge in [-0.05, 0) is 154 Å². The molecule has 30 nitrogen and oxygen atoms in total. The zero-order chi connectivity index (χ0) is 99.1. The first-order valence-electron chi connectivity index (χ1n) is 48.9. The maximum atomic E-state index is 12.8. The van der Waals surface area contributed by atoms with Crippen LogP contribution in [0.2, 0.25) is 0 Å². The van der Waals surface area contributed by atoms with E-state index >= 15 is 0 Å². The molecule has 5 aliphatic carbocycles. The second kappa shape index (κ2) is 57.6. The van der Waals surface area contributed by atoms with Crippen LogP contribution in [0.1, 0.15) is 205 Å². The van der Waals surface area contributed by atoms with E-state index in [0.717, 1.165) is 190 Å². The fraction of sp³-hybridized carbons (Fsp3) is 0.619. The lowest BCUT2D eigenvalue weighted by Crippen LogP contribution is -2.49. The van der Waals surface area contributed by atoms with E-state index in [1.165, 1.54) is 0 Å². The van der Waals surface area contributed by atoms with Crippen LogP contribution in [0.3, 0.4) is 0 Å². The number of ether oxygens (including phenoxy) is 10. The van der Waals surface area contributed by atoms with Gasteiger partial charge in [0.15, 0.2) is 61.0 Å². The fourth-order valence-electron chi connectivity index (χ4n) is 18.2. The van der Waals surface area contributed by atoms with Crippen LogP contribution in [-0.4, -0.2) is 295 Å². The van der Waals surface area contributed by atoms with Crippen molar-refractivity contribution in [1.29, 1.82) is 0 Å². The SMILES string of the molecule is CCN(CC)CCOC(=O)COC(=O)C(O)(c1ccccc1)C1CCCC1.CC[N+](C)(CC)CCOC(=O)COC(=O)C(O)(c1ccccc1)C1CCCC1.CC[N+](CC)(CC)CCOC(=O)COC(=O)C(O)(c1ccccc1)C1CCCC1.CN(C)CCOC(=O)COC(=O)C(O)(c1ccccc1)C1CCCC1.C[N+](C)(C)CCOC(=O)COC(=O)C(O)(c1ccccc1)C1CCCC1. The molecule has 5 aromatic carbocycles. The third-order valence-corrected chi connectivity index (χ3v) is 27.6. The van der Waals surface area contributed by atoms with E-state index in [2.05, 4.69) is 46.6 Å². The summed E-state index contributed by atoms with van der Waals surface area (Å²) in [6.07, 6.45) is 17.3. The number of carbonyl (C=O) groups excluding carboxylic acids is 10. The highest BCUT2D eigenvalue weighted by Gasteiger charge is 2.53. The molecule has 10 rings (SSSR count). The number of nitrogens with zero attached hydrogens (tertiary/aromatic N) is 5. The van der Waals surface area contributed by atoms with E-state index in [4.69, 9.17) is 47.4 Å². The van der Waals surface area contributed by atoms with E-state index in [0.29, 0.717) is 58.5 Å². The molecule has 5 saturated carbocycles. The van der Waals surface area contributed by atoms with Gasteiger partial charge >= 0.3 is 59.7 Å². The molecule has 5 aromatic rings. The minimum atomic E-state index is -1.73. The number of carbonyl (C=O) groups is 10. The van der Waals surface area contributed by atoms with Gasteiger partial charge in [0.05, 0.1) is 60.9 Å². The van der Waals surface area contributed by atoms with Crippen molar-refractivity contribution in [2.75, 3.05) is 187 Å². The summed E-state index contributed by atoms with van der Waals surface area (Å²) < 4.78 is 54.0. The van der Waals surface area contributed by atoms with Crippen molar-refractivity contribution < 1.29 is 134 Å². The van der Waals surface area contributed by atoms with Gasteiger partial charge in [0, 0.05) is 42.7 Å². The van der Waals surface area contributed by atoms with Gasteiger partial charge in [-0.25, -0.2) is 47.9 Å². The number of aliphatic hydroxyl groups is 5. The van der Waals surface area contributed by atoms with Crippen molar-refractivity contribution in [2.24, 2.45) is 29.6 Å². The van der Waals surface area contributed by atoms with Gasteiger partial charge in [0.25, 0.3) is 0 Å². The van der Waals surface area contributed by atoms with Gasteiger partial charge in [0.1, 0.15) is 52.7 Å². The predicted molar refractivity (Wildman–Crippen MR) is 509 cm³/mol. The Bertz CT molecular complexity index is 4330. The molecular formula is C105H158N5O25+3. The first-order valence-corrected chi connectivity index (χ1v) is 48.9. The normalized spacial score (nSPS) is 17.2. The molecule has 5 atom stereocenters. The van der Waals surface area contributed by atoms with Gasteiger partial charge in [-0.15, -0.1) is 0 Å². The Hall–Kier alpha value is -9.60. The smallest absolute Gasteiger partial charge is 0.344 e. The molecule has 0 bridgehead atoms. The summed E-state index contributed by atoms with van der Waals surface area (Å²) in [5, 5.41) is 56.2. The second-order valence-corrected chi connectivity index (χ2v) is 37.4. The van der Waals surface area contributed by atoms with Crippen molar-refractivity contribution in [1.82, 2.24) is 9.80 Å². The van der Waals surface area contributed by atoms with Crippen LogP contribution in [-0.2, 0) is 123 Å². The van der Waals surface area contributed by atoms with Crippen molar-refractivity contribution >= 4 is 59.7 Å². The zero-order valence-corrected chi connectivity index (χ0v) is 82.7. The molecule has 0 heterocycles. The Balaban J connectivity index is 0.000000259. The molecule has 0 spiro atoms. The number of hydrogen-bond acceptors (Lipinski definition) is 27. The number of quaternary nitrogens is 3. The average molecular weight is 1890 g/mol. The molecule has 0 saturated heterocycles. The Morgan fingerprint density at radius 2 is 0.496 bits per heavy atom. The zero-order valence-electron chi connectivity index (χ0n) is 82.7. The van der Waals surface area contributed by atoms with Gasteiger partial charge in [-0.2, -0.15) is 0 Å². The van der Waals surface area contributed by atoms with E-state index in [9.17, 15) is 73.5 Å². The van der Waals surface area contributed by atoms with Gasteiger partial charge < -0.3 is 96.2 Å². The molecule has 0 aromatic heterocycles. The average Bonchev–Trinajstić information content (AvgIpc) is 1.79. The predicted octanol–water partition coefficient (Wildman–Crippen LogP) is 11.7. The lowest BCUT2D eigenvalue weighted by Gasteiger charge is -2.35. The van der Waals surface area contributed by atoms with E-state index < -0.39 is 121 Å². The Kier molecular flexibility index (Phi) is 48.7. The summed E-state index contributed by atoms with van der Waals surface area (Å²) in [7, 11) is 11.8. The first-order chi connectivity index (χ1) is 64.5. The van der Waals surface area contributed by atoms with E-state index in [1.807, 2.05) is 84.3 Å². The fourth-order valence-corrected chi connectivity index (χ4v) is 18.2. The summed E-state index contributed by atoms with van der Waals surface area (Å²) in [5.41, 5.74) is -6.06. The molecule has 135 heavy (non-hydrogen) atoms. The summed E-state index contributed by atoms with van der Waals surface area (Å²) >= 11 is 0. The summed E-state index contributed by atoms with van der Waals surface area (Å²) in [4.78, 5) is 127. The summed E-state index contributed by atoms with van der Waals surface area (Å²) in [5.74, 6) is -7.88. The maximum absolute atomic E-state index is 12.8. The topological polar surface area (TPSA) is 371 Å². The minimum Gasteiger partial charge on any atom is -0.462 e. The van der Waals surface area contributed by atoms with Crippen LogP contribution in [0, 0.1) is 29.6 Å². The van der Waals surface area contributed by atoms with E-state index in [1.54, 1.807) is 121 Å². The highest BCUT2D eigenvalue weighted by Crippen LogP contribution is 2.47. The van der Waals surface area contributed by atoms with Crippen LogP contribution >= 0.6 is 0 Å². The molecule has 750 valence electrons. The standard InChI is InChI=1S/C23H36NO5.C22H34NO5.C21H31NO5.C20H30NO5.C19H27NO5/c1-4-24(5-2,6-3)16-17-28-21(25)18-29-22(26)23(27,20-14-10-11-15-20)19-12-8-7-9-13-19;1-4-23(3,5-2)15-16-27-20(24)17-28-21(25)22(26,19-13-9-10-14-19)18-11-7-6-8-12-18;1-3-22(4-2)14-15-26-19(23)16-27-20(24)21(25,18-12-8-9-13-18)17-10-6-5-7-11-17;1-21(2,3)13-14-25-18(22)15-26-19(23)20(24,17-11-7-8-12-17)16-9-5-4-6-10-16;1-20(2)12-13-24-17(21)14-25-18(22)19(23,16-10-6-7-11-16)15-8-4-3-5-9-15/h7-9,12-13,20,27H,4-6,10-11,14-18H2,1-3H3;6-8,11-12,19,26H,4-5,9-10,13-17H2,1-3H3;5-7,10-11,18,25H,3-4,8-9,12-16H2,1-2H3;4-6,9-10,17,24H,7-8,11-15H2,1-3H3;3-5,8-9,16,23H,6-7,10-14H2,1-2H3/q2*+1;;+1;. The second-order valence-electron chi connectivity index (χ2n) is 37.4. The third-order valence-electron chi connectivity index (χ3n) is 27.6. The van der Waals surface area contributed by atoms with Gasteiger partial charge in [-0.1, -0.05) is 230 Å². The monoisotopic (exact) mass is 1890 g/mol. The van der Waals surface area contributed by atoms with Crippen LogP contribution in [0.5, 0.6) is 0 Å². The summed E-state index contributed by atoms with van der Waals surface area (Å²) in [6.45, 7) is 23.5. The summed E-state index contributed by atoms with van der Waals surface area (Å²) in [6, 6.07) is 44.2. The molecular weight excluding hydrogens is 1730 g/mol. The Morgan fingerprint density at radius 1 is 0.289 bits per heavy atom. The number of rotatable bonds is 47. The molecule has 30 heteroatoms. The molecule has 0 amide bonds. The molecule has 0 aliphatic heterocycles. The maximum Gasteiger partial charge on any atom is 0.344 e. The highest BCUT2D eigenvalue weighted by molar-refractivity contribution is 5.87. The van der Waals surface area contributed by atoms with Crippen LogP contribution in [0.15, 0.2) is 152 Å². The highest BCUT2D eigenvalue weighted by atomic mass is 16.6. The van der Waals surface area contributed by atoms with Crippen molar-refractivity contribution in [3.8, 4) is 0 Å². The van der Waals surface area contributed by atoms with Crippen molar-refractivity contribution in [2.45, 2.75) is 205 Å². The largest absolute Gasteiger partial charge is 0.462 e. The van der Waals surface area contributed by atoms with Gasteiger partial charge in [0.2, 0.25) is 0 Å². The molecule has 5 unspecified atom stereocenters. The molecule has 5 fully saturated rings. The first kappa shape index (κ1) is 114. The number of esters is 10. The van der Waals surface area contributed by atoms with Crippen molar-refractivity contribution in [3.63, 3.8) is 0 Å². The Labute approximate surface area is 800 Å². The molecule has 5 N–H and O–H groups in total. The van der Waals surface area contributed by atoms with E-state index in [-0.39, 0.29) is 62.6 Å². The van der Waals surface area contributed by atoms with Crippen molar-refractivity contribution in [3.05, 3.63) is 179 Å². The molecule has 0 radical (unpaired) electrons.